The summed E-state index contributed by atoms with van der Waals surface area (Å²) in [6, 6.07) is 0. The molecule has 0 unspecified atom stereocenters. The zero-order chi connectivity index (χ0) is 10.7. The van der Waals surface area contributed by atoms with E-state index in [1.807, 2.05) is 0 Å². The molecule has 0 N–H and O–H groups in total. The molecule has 1 saturated heterocycles. The number of rotatable bonds is 0. The van der Waals surface area contributed by atoms with Gasteiger partial charge >= 0.3 is 0 Å². The van der Waals surface area contributed by atoms with Gasteiger partial charge in [0.15, 0.2) is 0 Å². The van der Waals surface area contributed by atoms with Crippen molar-refractivity contribution in [2.45, 2.75) is 50.7 Å². The van der Waals surface area contributed by atoms with Crippen LogP contribution in [0.5, 0.6) is 0 Å². The van der Waals surface area contributed by atoms with E-state index in [0.29, 0.717) is 5.78 Å². The monoisotopic (exact) mass is 206 g/mol. The third kappa shape index (κ3) is 1.12. The standard InChI is InChI=1S/C13H18O2/c1-12-7-8-13(2,15-12)10-6-4-3-5-9(12)11(10)14/h7-10H,3-6H2,1-2H3/t9-,10-,12-,13-/m0/s1. The molecular weight excluding hydrogens is 188 g/mol. The van der Waals surface area contributed by atoms with Crippen LogP contribution in [0.15, 0.2) is 12.2 Å². The van der Waals surface area contributed by atoms with E-state index >= 15 is 0 Å². The Morgan fingerprint density at radius 2 is 1.60 bits per heavy atom. The molecule has 0 radical (unpaired) electrons. The number of ether oxygens (including phenoxy) is 1. The molecule has 82 valence electrons. The van der Waals surface area contributed by atoms with E-state index in [1.54, 1.807) is 0 Å². The molecule has 0 spiro atoms. The summed E-state index contributed by atoms with van der Waals surface area (Å²) in [5.41, 5.74) is -0.626. The van der Waals surface area contributed by atoms with Crippen LogP contribution in [0.3, 0.4) is 0 Å². The van der Waals surface area contributed by atoms with Crippen molar-refractivity contribution in [1.82, 2.24) is 0 Å². The van der Waals surface area contributed by atoms with Crippen molar-refractivity contribution < 1.29 is 9.53 Å². The van der Waals surface area contributed by atoms with Crippen molar-refractivity contribution in [3.8, 4) is 0 Å². The second kappa shape index (κ2) is 2.73. The SMILES string of the molecule is C[C@@]12C=C[C@](C)(O1)[C@H]1CCCC[C@H]2C1=O. The number of Topliss-reactive ketones (excluding diaryl/α,β-unsaturated/α-hetero) is 1. The van der Waals surface area contributed by atoms with Gasteiger partial charge in [-0.1, -0.05) is 25.0 Å². The van der Waals surface area contributed by atoms with E-state index in [1.165, 1.54) is 12.8 Å². The van der Waals surface area contributed by atoms with Gasteiger partial charge < -0.3 is 4.74 Å². The van der Waals surface area contributed by atoms with Crippen LogP contribution in [-0.2, 0) is 9.53 Å². The maximum atomic E-state index is 12.4. The van der Waals surface area contributed by atoms with Gasteiger partial charge in [0.1, 0.15) is 5.78 Å². The van der Waals surface area contributed by atoms with E-state index in [9.17, 15) is 4.79 Å². The lowest BCUT2D eigenvalue weighted by atomic mass is 9.74. The van der Waals surface area contributed by atoms with Gasteiger partial charge in [0.25, 0.3) is 0 Å². The Hall–Kier alpha value is -0.630. The van der Waals surface area contributed by atoms with Crippen LogP contribution in [0.1, 0.15) is 39.5 Å². The van der Waals surface area contributed by atoms with Gasteiger partial charge in [-0.2, -0.15) is 0 Å². The molecular formula is C13H18O2. The van der Waals surface area contributed by atoms with Crippen molar-refractivity contribution >= 4 is 5.78 Å². The number of hydrogen-bond donors (Lipinski definition) is 0. The summed E-state index contributed by atoms with van der Waals surface area (Å²) in [4.78, 5) is 12.4. The Labute approximate surface area is 90.7 Å². The fraction of sp³-hybridized carbons (Fsp3) is 0.769. The molecule has 2 heterocycles. The molecule has 0 aromatic heterocycles. The van der Waals surface area contributed by atoms with Crippen LogP contribution in [-0.4, -0.2) is 17.0 Å². The third-order valence-electron chi connectivity index (χ3n) is 4.49. The molecule has 1 saturated carbocycles. The Bertz CT molecular complexity index is 316. The zero-order valence-corrected chi connectivity index (χ0v) is 9.45. The second-order valence-corrected chi connectivity index (χ2v) is 5.60. The van der Waals surface area contributed by atoms with E-state index in [4.69, 9.17) is 4.74 Å². The van der Waals surface area contributed by atoms with E-state index < -0.39 is 0 Å². The predicted molar refractivity (Wildman–Crippen MR) is 57.5 cm³/mol. The molecule has 2 heteroatoms. The van der Waals surface area contributed by atoms with E-state index in [2.05, 4.69) is 26.0 Å². The number of carbonyl (C=O) groups excluding carboxylic acids is 1. The molecule has 0 aromatic carbocycles. The van der Waals surface area contributed by atoms with Crippen LogP contribution < -0.4 is 0 Å². The summed E-state index contributed by atoms with van der Waals surface area (Å²) in [5.74, 6) is 0.669. The van der Waals surface area contributed by atoms with Crippen LogP contribution in [0, 0.1) is 11.8 Å². The Kier molecular flexibility index (Phi) is 1.75. The Morgan fingerprint density at radius 3 is 2.07 bits per heavy atom. The highest BCUT2D eigenvalue weighted by Crippen LogP contribution is 2.51. The van der Waals surface area contributed by atoms with Crippen LogP contribution >= 0.6 is 0 Å². The van der Waals surface area contributed by atoms with Gasteiger partial charge in [-0.05, 0) is 26.7 Å². The minimum absolute atomic E-state index is 0.108. The first kappa shape index (κ1) is 9.59. The van der Waals surface area contributed by atoms with Gasteiger partial charge in [-0.15, -0.1) is 0 Å². The van der Waals surface area contributed by atoms with Gasteiger partial charge in [0.2, 0.25) is 0 Å². The minimum Gasteiger partial charge on any atom is -0.359 e. The van der Waals surface area contributed by atoms with Crippen LogP contribution in [0.25, 0.3) is 0 Å². The van der Waals surface area contributed by atoms with Crippen molar-refractivity contribution in [1.29, 1.82) is 0 Å². The lowest BCUT2D eigenvalue weighted by molar-refractivity contribution is -0.179. The fourth-order valence-corrected chi connectivity index (χ4v) is 3.61. The molecule has 1 aliphatic carbocycles. The van der Waals surface area contributed by atoms with Crippen molar-refractivity contribution in [2.75, 3.05) is 0 Å². The van der Waals surface area contributed by atoms with E-state index in [-0.39, 0.29) is 23.0 Å². The average Bonchev–Trinajstić information content (AvgIpc) is 2.35. The third-order valence-corrected chi connectivity index (χ3v) is 4.49. The highest BCUT2D eigenvalue weighted by molar-refractivity contribution is 5.88. The summed E-state index contributed by atoms with van der Waals surface area (Å²) in [6.45, 7) is 4.14. The summed E-state index contributed by atoms with van der Waals surface area (Å²) in [7, 11) is 0. The highest BCUT2D eigenvalue weighted by atomic mass is 16.5. The number of ketones is 1. The first-order valence-electron chi connectivity index (χ1n) is 5.99. The molecule has 0 aromatic rings. The average molecular weight is 206 g/mol. The Balaban J connectivity index is 2.10. The summed E-state index contributed by atoms with van der Waals surface area (Å²) >= 11 is 0. The number of carbonyl (C=O) groups is 1. The number of hydrogen-bond acceptors (Lipinski definition) is 2. The maximum Gasteiger partial charge on any atom is 0.145 e. The van der Waals surface area contributed by atoms with Gasteiger partial charge in [0.05, 0.1) is 23.0 Å². The molecule has 2 aliphatic heterocycles. The fourth-order valence-electron chi connectivity index (χ4n) is 3.61. The van der Waals surface area contributed by atoms with Crippen molar-refractivity contribution in [3.63, 3.8) is 0 Å². The summed E-state index contributed by atoms with van der Waals surface area (Å²) < 4.78 is 6.16. The molecule has 3 rings (SSSR count). The highest BCUT2D eigenvalue weighted by Gasteiger charge is 2.58. The zero-order valence-electron chi connectivity index (χ0n) is 9.45. The smallest absolute Gasteiger partial charge is 0.145 e. The second-order valence-electron chi connectivity index (χ2n) is 5.60. The first-order valence-corrected chi connectivity index (χ1v) is 5.99. The molecule has 0 amide bonds. The predicted octanol–water partition coefficient (Wildman–Crippen LogP) is 2.48. The van der Waals surface area contributed by atoms with Crippen molar-refractivity contribution in [3.05, 3.63) is 12.2 Å². The lowest BCUT2D eigenvalue weighted by Gasteiger charge is -2.45. The van der Waals surface area contributed by atoms with Crippen LogP contribution in [0.2, 0.25) is 0 Å². The summed E-state index contributed by atoms with van der Waals surface area (Å²) in [5, 5.41) is 0. The molecule has 4 bridgehead atoms. The maximum absolute atomic E-state index is 12.4. The lowest BCUT2D eigenvalue weighted by Crippen LogP contribution is -2.54. The quantitative estimate of drug-likeness (QED) is 0.569. The first-order chi connectivity index (χ1) is 7.05. The Morgan fingerprint density at radius 1 is 1.13 bits per heavy atom. The van der Waals surface area contributed by atoms with Gasteiger partial charge in [0, 0.05) is 0 Å². The van der Waals surface area contributed by atoms with Gasteiger partial charge in [-0.25, -0.2) is 0 Å². The van der Waals surface area contributed by atoms with Crippen LogP contribution in [0.4, 0.5) is 0 Å². The number of fused-ring (bicyclic) bond motifs is 6. The largest absolute Gasteiger partial charge is 0.359 e. The molecule has 4 atom stereocenters. The molecule has 2 fully saturated rings. The van der Waals surface area contributed by atoms with E-state index in [0.717, 1.165) is 12.8 Å². The minimum atomic E-state index is -0.313. The normalized spacial score (nSPS) is 53.1. The topological polar surface area (TPSA) is 26.3 Å². The molecule has 2 nitrogen and oxygen atoms in total. The van der Waals surface area contributed by atoms with Gasteiger partial charge in [-0.3, -0.25) is 4.79 Å². The van der Waals surface area contributed by atoms with Crippen molar-refractivity contribution in [2.24, 2.45) is 11.8 Å². The summed E-state index contributed by atoms with van der Waals surface area (Å²) in [6.07, 6.45) is 8.62. The molecule has 3 aliphatic rings. The molecule has 15 heavy (non-hydrogen) atoms.